The summed E-state index contributed by atoms with van der Waals surface area (Å²) in [5, 5.41) is 14.3. The second kappa shape index (κ2) is 5.39. The Balaban J connectivity index is 1.88. The number of nitrogens with zero attached hydrogens (tertiary/aromatic N) is 1. The summed E-state index contributed by atoms with van der Waals surface area (Å²) in [5.41, 5.74) is 2.88. The SMILES string of the molecule is Oc1ccc(CNc2ccc(Cl)c3ncccc23)cc1. The Hall–Kier alpha value is -2.26. The number of halogens is 1. The van der Waals surface area contributed by atoms with Crippen molar-refractivity contribution in [2.75, 3.05) is 5.32 Å². The lowest BCUT2D eigenvalue weighted by Crippen LogP contribution is -2.00. The number of pyridine rings is 1. The number of phenolic OH excluding ortho intramolecular Hbond substituents is 1. The second-order valence-electron chi connectivity index (χ2n) is 4.51. The number of benzene rings is 2. The zero-order valence-electron chi connectivity index (χ0n) is 10.7. The number of anilines is 1. The van der Waals surface area contributed by atoms with E-state index < -0.39 is 0 Å². The molecule has 2 aromatic carbocycles. The van der Waals surface area contributed by atoms with Gasteiger partial charge in [0.15, 0.2) is 0 Å². The van der Waals surface area contributed by atoms with Gasteiger partial charge in [0, 0.05) is 23.8 Å². The van der Waals surface area contributed by atoms with Crippen LogP contribution >= 0.6 is 11.6 Å². The molecular formula is C16H13ClN2O. The van der Waals surface area contributed by atoms with Crippen LogP contribution in [0.15, 0.2) is 54.7 Å². The van der Waals surface area contributed by atoms with E-state index >= 15 is 0 Å². The average molecular weight is 285 g/mol. The first-order valence-corrected chi connectivity index (χ1v) is 6.67. The van der Waals surface area contributed by atoms with Gasteiger partial charge in [-0.2, -0.15) is 0 Å². The molecule has 0 unspecified atom stereocenters. The van der Waals surface area contributed by atoms with Gasteiger partial charge in [0.2, 0.25) is 0 Å². The van der Waals surface area contributed by atoms with Gasteiger partial charge in [0.25, 0.3) is 0 Å². The Bertz CT molecular complexity index is 741. The standard InChI is InChI=1S/C16H13ClN2O/c17-14-7-8-15(13-2-1-9-18-16(13)14)19-10-11-3-5-12(20)6-4-11/h1-9,19-20H,10H2. The first-order valence-electron chi connectivity index (χ1n) is 6.29. The number of hydrogen-bond acceptors (Lipinski definition) is 3. The average Bonchev–Trinajstić information content (AvgIpc) is 2.49. The van der Waals surface area contributed by atoms with Crippen molar-refractivity contribution < 1.29 is 5.11 Å². The third-order valence-electron chi connectivity index (χ3n) is 3.14. The van der Waals surface area contributed by atoms with Crippen LogP contribution in [0.1, 0.15) is 5.56 Å². The van der Waals surface area contributed by atoms with Gasteiger partial charge in [0.1, 0.15) is 5.75 Å². The van der Waals surface area contributed by atoms with E-state index in [1.165, 1.54) is 0 Å². The van der Waals surface area contributed by atoms with E-state index in [2.05, 4.69) is 10.3 Å². The smallest absolute Gasteiger partial charge is 0.115 e. The molecule has 0 aliphatic heterocycles. The summed E-state index contributed by atoms with van der Waals surface area (Å²) in [5.74, 6) is 0.273. The van der Waals surface area contributed by atoms with Gasteiger partial charge in [-0.15, -0.1) is 0 Å². The summed E-state index contributed by atoms with van der Waals surface area (Å²) >= 11 is 6.15. The predicted octanol–water partition coefficient (Wildman–Crippen LogP) is 4.21. The zero-order chi connectivity index (χ0) is 13.9. The molecule has 3 rings (SSSR count). The topological polar surface area (TPSA) is 45.1 Å². The second-order valence-corrected chi connectivity index (χ2v) is 4.92. The summed E-state index contributed by atoms with van der Waals surface area (Å²) in [6.45, 7) is 0.673. The Morgan fingerprint density at radius 1 is 1.05 bits per heavy atom. The normalized spacial score (nSPS) is 10.7. The molecule has 0 atom stereocenters. The third-order valence-corrected chi connectivity index (χ3v) is 3.44. The molecule has 0 bridgehead atoms. The van der Waals surface area contributed by atoms with Crippen LogP contribution in [0.4, 0.5) is 5.69 Å². The minimum absolute atomic E-state index is 0.273. The van der Waals surface area contributed by atoms with E-state index in [-0.39, 0.29) is 5.75 Å². The highest BCUT2D eigenvalue weighted by molar-refractivity contribution is 6.35. The maximum absolute atomic E-state index is 9.27. The number of hydrogen-bond donors (Lipinski definition) is 2. The van der Waals surface area contributed by atoms with Crippen LogP contribution in [0.5, 0.6) is 5.75 Å². The van der Waals surface area contributed by atoms with Crippen LogP contribution in [0.3, 0.4) is 0 Å². The van der Waals surface area contributed by atoms with Gasteiger partial charge in [-0.05, 0) is 42.0 Å². The molecule has 2 N–H and O–H groups in total. The molecule has 0 aliphatic rings. The molecule has 100 valence electrons. The number of fused-ring (bicyclic) bond motifs is 1. The maximum Gasteiger partial charge on any atom is 0.115 e. The fourth-order valence-electron chi connectivity index (χ4n) is 2.10. The lowest BCUT2D eigenvalue weighted by atomic mass is 10.1. The van der Waals surface area contributed by atoms with Crippen LogP contribution in [0.2, 0.25) is 5.02 Å². The Kier molecular flexibility index (Phi) is 3.44. The van der Waals surface area contributed by atoms with Crippen molar-refractivity contribution in [3.05, 3.63) is 65.3 Å². The summed E-state index contributed by atoms with van der Waals surface area (Å²) in [6.07, 6.45) is 1.73. The van der Waals surface area contributed by atoms with Gasteiger partial charge in [-0.25, -0.2) is 0 Å². The number of phenols is 1. The highest BCUT2D eigenvalue weighted by Crippen LogP contribution is 2.28. The molecule has 1 heterocycles. The highest BCUT2D eigenvalue weighted by Gasteiger charge is 2.05. The molecule has 0 fully saturated rings. The molecular weight excluding hydrogens is 272 g/mol. The van der Waals surface area contributed by atoms with E-state index in [0.29, 0.717) is 11.6 Å². The van der Waals surface area contributed by atoms with Crippen molar-refractivity contribution in [1.29, 1.82) is 0 Å². The van der Waals surface area contributed by atoms with Gasteiger partial charge < -0.3 is 10.4 Å². The molecule has 0 amide bonds. The van der Waals surface area contributed by atoms with Gasteiger partial charge in [-0.3, -0.25) is 4.98 Å². The van der Waals surface area contributed by atoms with Crippen molar-refractivity contribution in [2.45, 2.75) is 6.54 Å². The fourth-order valence-corrected chi connectivity index (χ4v) is 2.32. The fraction of sp³-hybridized carbons (Fsp3) is 0.0625. The monoisotopic (exact) mass is 284 g/mol. The summed E-state index contributed by atoms with van der Waals surface area (Å²) < 4.78 is 0. The van der Waals surface area contributed by atoms with Crippen molar-refractivity contribution in [3.8, 4) is 5.75 Å². The minimum Gasteiger partial charge on any atom is -0.508 e. The van der Waals surface area contributed by atoms with Crippen molar-refractivity contribution in [3.63, 3.8) is 0 Å². The van der Waals surface area contributed by atoms with E-state index in [0.717, 1.165) is 22.2 Å². The van der Waals surface area contributed by atoms with Crippen LogP contribution < -0.4 is 5.32 Å². The number of aromatic hydroxyl groups is 1. The van der Waals surface area contributed by atoms with E-state index in [1.54, 1.807) is 18.3 Å². The van der Waals surface area contributed by atoms with Gasteiger partial charge in [-0.1, -0.05) is 23.7 Å². The lowest BCUT2D eigenvalue weighted by molar-refractivity contribution is 0.475. The van der Waals surface area contributed by atoms with E-state index in [1.807, 2.05) is 36.4 Å². The Labute approximate surface area is 121 Å². The lowest BCUT2D eigenvalue weighted by Gasteiger charge is -2.10. The van der Waals surface area contributed by atoms with Crippen LogP contribution in [-0.4, -0.2) is 10.1 Å². The molecule has 1 aromatic heterocycles. The molecule has 4 heteroatoms. The van der Waals surface area contributed by atoms with E-state index in [4.69, 9.17) is 11.6 Å². The van der Waals surface area contributed by atoms with Crippen LogP contribution in [0, 0.1) is 0 Å². The molecule has 0 aliphatic carbocycles. The maximum atomic E-state index is 9.27. The Morgan fingerprint density at radius 2 is 1.85 bits per heavy atom. The van der Waals surface area contributed by atoms with E-state index in [9.17, 15) is 5.11 Å². The quantitative estimate of drug-likeness (QED) is 0.757. The molecule has 3 aromatic rings. The number of nitrogens with one attached hydrogen (secondary N) is 1. The predicted molar refractivity (Wildman–Crippen MR) is 82.2 cm³/mol. The van der Waals surface area contributed by atoms with Crippen molar-refractivity contribution in [2.24, 2.45) is 0 Å². The van der Waals surface area contributed by atoms with Crippen LogP contribution in [-0.2, 0) is 6.54 Å². The first kappa shape index (κ1) is 12.8. The van der Waals surface area contributed by atoms with Gasteiger partial charge in [0.05, 0.1) is 10.5 Å². The minimum atomic E-state index is 0.273. The molecule has 20 heavy (non-hydrogen) atoms. The van der Waals surface area contributed by atoms with Crippen molar-refractivity contribution in [1.82, 2.24) is 4.98 Å². The molecule has 3 nitrogen and oxygen atoms in total. The summed E-state index contributed by atoms with van der Waals surface area (Å²) in [6, 6.07) is 14.8. The van der Waals surface area contributed by atoms with Gasteiger partial charge >= 0.3 is 0 Å². The summed E-state index contributed by atoms with van der Waals surface area (Å²) in [4.78, 5) is 4.30. The number of aromatic nitrogens is 1. The molecule has 0 spiro atoms. The highest BCUT2D eigenvalue weighted by atomic mass is 35.5. The van der Waals surface area contributed by atoms with Crippen LogP contribution in [0.25, 0.3) is 10.9 Å². The first-order chi connectivity index (χ1) is 9.74. The molecule has 0 saturated heterocycles. The van der Waals surface area contributed by atoms with Crippen molar-refractivity contribution >= 4 is 28.2 Å². The molecule has 0 saturated carbocycles. The third kappa shape index (κ3) is 2.53. The number of rotatable bonds is 3. The Morgan fingerprint density at radius 3 is 2.65 bits per heavy atom. The largest absolute Gasteiger partial charge is 0.508 e. The molecule has 0 radical (unpaired) electrons. The summed E-state index contributed by atoms with van der Waals surface area (Å²) in [7, 11) is 0. The zero-order valence-corrected chi connectivity index (χ0v) is 11.4.